The molecule has 1 aliphatic carbocycles. The van der Waals surface area contributed by atoms with Crippen LogP contribution in [0.25, 0.3) is 0 Å². The summed E-state index contributed by atoms with van der Waals surface area (Å²) in [6, 6.07) is 0.581. The Balaban J connectivity index is 1.93. The lowest BCUT2D eigenvalue weighted by molar-refractivity contribution is -0.130. The summed E-state index contributed by atoms with van der Waals surface area (Å²) in [7, 11) is 2.16. The quantitative estimate of drug-likeness (QED) is 0.809. The van der Waals surface area contributed by atoms with Crippen molar-refractivity contribution in [2.45, 2.75) is 71.1 Å². The first-order valence-corrected chi connectivity index (χ1v) is 8.31. The summed E-state index contributed by atoms with van der Waals surface area (Å²) < 4.78 is 0. The van der Waals surface area contributed by atoms with E-state index in [9.17, 15) is 4.79 Å². The van der Waals surface area contributed by atoms with Gasteiger partial charge in [-0.2, -0.15) is 0 Å². The fourth-order valence-corrected chi connectivity index (χ4v) is 3.51. The van der Waals surface area contributed by atoms with Gasteiger partial charge >= 0.3 is 0 Å². The summed E-state index contributed by atoms with van der Waals surface area (Å²) in [5.74, 6) is 0.956. The number of carbonyl (C=O) groups is 1. The molecule has 2 fully saturated rings. The highest BCUT2D eigenvalue weighted by Crippen LogP contribution is 2.31. The second-order valence-corrected chi connectivity index (χ2v) is 6.65. The molecule has 0 radical (unpaired) electrons. The molecule has 0 bridgehead atoms. The fraction of sp³-hybridized carbons (Fsp3) is 0.938. The summed E-state index contributed by atoms with van der Waals surface area (Å²) in [6.07, 6.45) is 6.64. The van der Waals surface area contributed by atoms with Crippen LogP contribution in [-0.4, -0.2) is 54.1 Å². The lowest BCUT2D eigenvalue weighted by atomic mass is 10.0. The van der Waals surface area contributed by atoms with Crippen molar-refractivity contribution in [3.8, 4) is 0 Å². The molecular weight excluding hydrogens is 250 g/mol. The Morgan fingerprint density at radius 1 is 1.40 bits per heavy atom. The van der Waals surface area contributed by atoms with E-state index in [1.54, 1.807) is 0 Å². The van der Waals surface area contributed by atoms with E-state index >= 15 is 0 Å². The molecule has 0 aromatic rings. The van der Waals surface area contributed by atoms with Gasteiger partial charge in [0.05, 0.1) is 12.2 Å². The standard InChI is InChI=1S/C16H31N3O/c1-5-12(2)18(4)10-11-19-15(14-8-6-7-9-14)17-13(3)16(19)20/h12-15,17H,5-11H2,1-4H3. The van der Waals surface area contributed by atoms with E-state index in [2.05, 4.69) is 36.0 Å². The first kappa shape index (κ1) is 15.8. The number of nitrogens with zero attached hydrogens (tertiary/aromatic N) is 2. The van der Waals surface area contributed by atoms with Crippen molar-refractivity contribution in [3.63, 3.8) is 0 Å². The van der Waals surface area contributed by atoms with E-state index in [-0.39, 0.29) is 12.2 Å². The van der Waals surface area contributed by atoms with Gasteiger partial charge in [0.15, 0.2) is 0 Å². The number of nitrogens with one attached hydrogen (secondary N) is 1. The van der Waals surface area contributed by atoms with E-state index < -0.39 is 0 Å². The highest BCUT2D eigenvalue weighted by molar-refractivity contribution is 5.84. The highest BCUT2D eigenvalue weighted by Gasteiger charge is 2.40. The molecule has 20 heavy (non-hydrogen) atoms. The maximum absolute atomic E-state index is 12.4. The van der Waals surface area contributed by atoms with Gasteiger partial charge in [0, 0.05) is 19.1 Å². The van der Waals surface area contributed by atoms with Gasteiger partial charge < -0.3 is 9.80 Å². The van der Waals surface area contributed by atoms with Crippen LogP contribution in [0.15, 0.2) is 0 Å². The van der Waals surface area contributed by atoms with E-state index in [1.165, 1.54) is 25.7 Å². The maximum atomic E-state index is 12.4. The largest absolute Gasteiger partial charge is 0.324 e. The summed E-state index contributed by atoms with van der Waals surface area (Å²) in [5, 5.41) is 3.52. The van der Waals surface area contributed by atoms with Gasteiger partial charge in [-0.05, 0) is 46.1 Å². The van der Waals surface area contributed by atoms with Crippen LogP contribution < -0.4 is 5.32 Å². The minimum atomic E-state index is -0.00509. The lowest BCUT2D eigenvalue weighted by Crippen LogP contribution is -2.46. The molecule has 3 unspecified atom stereocenters. The minimum absolute atomic E-state index is 0.00509. The summed E-state index contributed by atoms with van der Waals surface area (Å²) in [5.41, 5.74) is 0. The predicted octanol–water partition coefficient (Wildman–Crippen LogP) is 2.05. The molecular formula is C16H31N3O. The Morgan fingerprint density at radius 3 is 2.65 bits per heavy atom. The Bertz CT molecular complexity index is 328. The number of likely N-dealkylation sites (N-methyl/N-ethyl adjacent to an activating group) is 1. The Hall–Kier alpha value is -0.610. The van der Waals surface area contributed by atoms with Crippen molar-refractivity contribution < 1.29 is 4.79 Å². The summed E-state index contributed by atoms with van der Waals surface area (Å²) in [6.45, 7) is 8.30. The molecule has 2 aliphatic rings. The van der Waals surface area contributed by atoms with Crippen LogP contribution in [0.3, 0.4) is 0 Å². The van der Waals surface area contributed by atoms with Crippen LogP contribution >= 0.6 is 0 Å². The first-order chi connectivity index (χ1) is 9.54. The number of hydrogen-bond acceptors (Lipinski definition) is 3. The molecule has 3 atom stereocenters. The molecule has 0 aromatic carbocycles. The molecule has 2 rings (SSSR count). The van der Waals surface area contributed by atoms with Gasteiger partial charge in [0.1, 0.15) is 0 Å². The maximum Gasteiger partial charge on any atom is 0.240 e. The predicted molar refractivity (Wildman–Crippen MR) is 82.4 cm³/mol. The number of amides is 1. The van der Waals surface area contributed by atoms with Crippen molar-refractivity contribution in [2.24, 2.45) is 5.92 Å². The Labute approximate surface area is 123 Å². The molecule has 0 spiro atoms. The third-order valence-electron chi connectivity index (χ3n) is 5.29. The van der Waals surface area contributed by atoms with Crippen LogP contribution in [0.5, 0.6) is 0 Å². The molecule has 1 saturated carbocycles. The van der Waals surface area contributed by atoms with Gasteiger partial charge in [-0.3, -0.25) is 10.1 Å². The summed E-state index contributed by atoms with van der Waals surface area (Å²) in [4.78, 5) is 16.8. The van der Waals surface area contributed by atoms with Crippen LogP contribution in [0.2, 0.25) is 0 Å². The zero-order valence-electron chi connectivity index (χ0n) is 13.6. The molecule has 1 N–H and O–H groups in total. The van der Waals surface area contributed by atoms with Gasteiger partial charge in [0.2, 0.25) is 5.91 Å². The van der Waals surface area contributed by atoms with Crippen molar-refractivity contribution >= 4 is 5.91 Å². The van der Waals surface area contributed by atoms with E-state index in [0.29, 0.717) is 17.9 Å². The van der Waals surface area contributed by atoms with E-state index in [4.69, 9.17) is 0 Å². The highest BCUT2D eigenvalue weighted by atomic mass is 16.2. The van der Waals surface area contributed by atoms with Gasteiger partial charge in [-0.1, -0.05) is 19.8 Å². The van der Waals surface area contributed by atoms with Gasteiger partial charge in [0.25, 0.3) is 0 Å². The molecule has 1 aliphatic heterocycles. The van der Waals surface area contributed by atoms with Crippen molar-refractivity contribution in [2.75, 3.05) is 20.1 Å². The lowest BCUT2D eigenvalue weighted by Gasteiger charge is -2.32. The van der Waals surface area contributed by atoms with Gasteiger partial charge in [-0.25, -0.2) is 0 Å². The average molecular weight is 281 g/mol. The molecule has 1 saturated heterocycles. The molecule has 1 amide bonds. The van der Waals surface area contributed by atoms with Crippen LogP contribution in [0, 0.1) is 5.92 Å². The first-order valence-electron chi connectivity index (χ1n) is 8.31. The number of rotatable bonds is 6. The smallest absolute Gasteiger partial charge is 0.240 e. The minimum Gasteiger partial charge on any atom is -0.324 e. The van der Waals surface area contributed by atoms with Crippen molar-refractivity contribution in [3.05, 3.63) is 0 Å². The average Bonchev–Trinajstić information content (AvgIpc) is 3.05. The van der Waals surface area contributed by atoms with Crippen molar-refractivity contribution in [1.82, 2.24) is 15.1 Å². The van der Waals surface area contributed by atoms with Crippen molar-refractivity contribution in [1.29, 1.82) is 0 Å². The normalized spacial score (nSPS) is 29.6. The van der Waals surface area contributed by atoms with Crippen LogP contribution in [0.4, 0.5) is 0 Å². The zero-order valence-corrected chi connectivity index (χ0v) is 13.6. The Morgan fingerprint density at radius 2 is 2.05 bits per heavy atom. The van der Waals surface area contributed by atoms with Crippen LogP contribution in [0.1, 0.15) is 52.9 Å². The molecule has 4 heteroatoms. The molecule has 4 nitrogen and oxygen atoms in total. The second-order valence-electron chi connectivity index (χ2n) is 6.65. The third kappa shape index (κ3) is 3.34. The zero-order chi connectivity index (χ0) is 14.7. The Kier molecular flexibility index (Phi) is 5.44. The van der Waals surface area contributed by atoms with E-state index in [0.717, 1.165) is 19.5 Å². The van der Waals surface area contributed by atoms with Gasteiger partial charge in [-0.15, -0.1) is 0 Å². The number of hydrogen-bond donors (Lipinski definition) is 1. The molecule has 1 heterocycles. The second kappa shape index (κ2) is 6.90. The molecule has 116 valence electrons. The topological polar surface area (TPSA) is 35.6 Å². The monoisotopic (exact) mass is 281 g/mol. The SMILES string of the molecule is CCC(C)N(C)CCN1C(=O)C(C)NC1C1CCCC1. The summed E-state index contributed by atoms with van der Waals surface area (Å²) >= 11 is 0. The number of carbonyl (C=O) groups excluding carboxylic acids is 1. The third-order valence-corrected chi connectivity index (χ3v) is 5.29. The fourth-order valence-electron chi connectivity index (χ4n) is 3.51. The molecule has 0 aromatic heterocycles. The van der Waals surface area contributed by atoms with E-state index in [1.807, 2.05) is 6.92 Å². The van der Waals surface area contributed by atoms with Crippen LogP contribution in [-0.2, 0) is 4.79 Å².